The molecule has 7 heteroatoms. The molecule has 2 aromatic rings. The van der Waals surface area contributed by atoms with Gasteiger partial charge in [-0.05, 0) is 25.1 Å². The fraction of sp³-hybridized carbons (Fsp3) is 0.167. The molecule has 0 saturated heterocycles. The van der Waals surface area contributed by atoms with E-state index < -0.39 is 0 Å². The van der Waals surface area contributed by atoms with Gasteiger partial charge in [-0.1, -0.05) is 16.8 Å². The zero-order valence-corrected chi connectivity index (χ0v) is 11.7. The minimum absolute atomic E-state index is 0.0267. The Morgan fingerprint density at radius 1 is 1.58 bits per heavy atom. The van der Waals surface area contributed by atoms with Gasteiger partial charge in [-0.3, -0.25) is 0 Å². The number of ether oxygens (including phenoxy) is 1. The number of thiazole rings is 1. The first-order valence-corrected chi connectivity index (χ1v) is 6.67. The molecule has 0 aliphatic heterocycles. The molecule has 0 aliphatic rings. The summed E-state index contributed by atoms with van der Waals surface area (Å²) in [6.07, 6.45) is 0. The first-order valence-electron chi connectivity index (χ1n) is 5.41. The number of amidine groups is 1. The van der Waals surface area contributed by atoms with Crippen LogP contribution in [-0.4, -0.2) is 16.0 Å². The van der Waals surface area contributed by atoms with Crippen LogP contribution in [0.3, 0.4) is 0 Å². The van der Waals surface area contributed by atoms with E-state index in [1.54, 1.807) is 29.5 Å². The normalized spacial score (nSPS) is 11.6. The van der Waals surface area contributed by atoms with Crippen LogP contribution in [0.25, 0.3) is 0 Å². The fourth-order valence-corrected chi connectivity index (χ4v) is 2.27. The van der Waals surface area contributed by atoms with E-state index in [1.165, 1.54) is 0 Å². The van der Waals surface area contributed by atoms with E-state index in [4.69, 9.17) is 27.3 Å². The van der Waals surface area contributed by atoms with E-state index in [0.29, 0.717) is 22.9 Å². The lowest BCUT2D eigenvalue weighted by Crippen LogP contribution is -2.14. The van der Waals surface area contributed by atoms with E-state index in [1.807, 2.05) is 12.3 Å². The van der Waals surface area contributed by atoms with Gasteiger partial charge < -0.3 is 15.7 Å². The Hall–Kier alpha value is -1.79. The molecule has 5 nitrogen and oxygen atoms in total. The van der Waals surface area contributed by atoms with Crippen molar-refractivity contribution in [2.75, 3.05) is 0 Å². The third-order valence-electron chi connectivity index (χ3n) is 2.37. The second-order valence-electron chi connectivity index (χ2n) is 3.77. The van der Waals surface area contributed by atoms with Gasteiger partial charge >= 0.3 is 0 Å². The summed E-state index contributed by atoms with van der Waals surface area (Å²) < 4.78 is 5.63. The molecule has 100 valence electrons. The SMILES string of the molecule is Cc1nc(COc2cc(Cl)ccc2/C(N)=N/O)cs1. The average Bonchev–Trinajstić information content (AvgIpc) is 2.81. The minimum atomic E-state index is -0.0267. The maximum atomic E-state index is 8.73. The topological polar surface area (TPSA) is 80.7 Å². The molecule has 1 aromatic heterocycles. The first kappa shape index (κ1) is 13.6. The van der Waals surface area contributed by atoms with Crippen LogP contribution in [0.4, 0.5) is 0 Å². The number of aryl methyl sites for hydroxylation is 1. The van der Waals surface area contributed by atoms with Crippen molar-refractivity contribution in [3.05, 3.63) is 44.9 Å². The third kappa shape index (κ3) is 3.36. The van der Waals surface area contributed by atoms with Gasteiger partial charge in [0.15, 0.2) is 5.84 Å². The Kier molecular flexibility index (Phi) is 4.24. The largest absolute Gasteiger partial charge is 0.486 e. The number of nitrogens with zero attached hydrogens (tertiary/aromatic N) is 2. The van der Waals surface area contributed by atoms with Gasteiger partial charge in [0.2, 0.25) is 0 Å². The molecule has 0 amide bonds. The lowest BCUT2D eigenvalue weighted by atomic mass is 10.2. The molecule has 3 N–H and O–H groups in total. The van der Waals surface area contributed by atoms with Gasteiger partial charge in [-0.25, -0.2) is 4.98 Å². The van der Waals surface area contributed by atoms with E-state index in [9.17, 15) is 0 Å². The van der Waals surface area contributed by atoms with E-state index in [0.717, 1.165) is 10.7 Å². The molecule has 0 unspecified atom stereocenters. The maximum absolute atomic E-state index is 8.73. The van der Waals surface area contributed by atoms with E-state index >= 15 is 0 Å². The summed E-state index contributed by atoms with van der Waals surface area (Å²) in [4.78, 5) is 4.29. The minimum Gasteiger partial charge on any atom is -0.486 e. The second-order valence-corrected chi connectivity index (χ2v) is 5.27. The van der Waals surface area contributed by atoms with Crippen molar-refractivity contribution in [1.82, 2.24) is 4.98 Å². The zero-order valence-electron chi connectivity index (χ0n) is 10.1. The fourth-order valence-electron chi connectivity index (χ4n) is 1.51. The predicted molar refractivity (Wildman–Crippen MR) is 75.1 cm³/mol. The summed E-state index contributed by atoms with van der Waals surface area (Å²) in [6, 6.07) is 4.90. The number of hydrogen-bond acceptors (Lipinski definition) is 5. The molecular formula is C12H12ClN3O2S. The maximum Gasteiger partial charge on any atom is 0.173 e. The highest BCUT2D eigenvalue weighted by Gasteiger charge is 2.10. The molecule has 1 aromatic carbocycles. The molecule has 0 fully saturated rings. The summed E-state index contributed by atoms with van der Waals surface area (Å²) >= 11 is 7.47. The third-order valence-corrected chi connectivity index (χ3v) is 3.43. The Morgan fingerprint density at radius 3 is 3.00 bits per heavy atom. The van der Waals surface area contributed by atoms with Crippen LogP contribution >= 0.6 is 22.9 Å². The molecule has 0 atom stereocenters. The number of nitrogens with two attached hydrogens (primary N) is 1. The summed E-state index contributed by atoms with van der Waals surface area (Å²) in [5, 5.41) is 15.1. The van der Waals surface area contributed by atoms with Crippen molar-refractivity contribution in [2.24, 2.45) is 10.9 Å². The lowest BCUT2D eigenvalue weighted by Gasteiger charge is -2.10. The number of oxime groups is 1. The van der Waals surface area contributed by atoms with Crippen LogP contribution in [-0.2, 0) is 6.61 Å². The van der Waals surface area contributed by atoms with Gasteiger partial charge in [-0.15, -0.1) is 11.3 Å². The van der Waals surface area contributed by atoms with Crippen molar-refractivity contribution in [2.45, 2.75) is 13.5 Å². The molecule has 0 spiro atoms. The van der Waals surface area contributed by atoms with Crippen molar-refractivity contribution in [1.29, 1.82) is 0 Å². The Bertz CT molecular complexity index is 613. The van der Waals surface area contributed by atoms with Crippen molar-refractivity contribution < 1.29 is 9.94 Å². The number of benzene rings is 1. The van der Waals surface area contributed by atoms with Crippen LogP contribution in [0, 0.1) is 6.92 Å². The standard InChI is InChI=1S/C12H12ClN3O2S/c1-7-15-9(6-19-7)5-18-11-4-8(13)2-3-10(11)12(14)16-17/h2-4,6,17H,5H2,1H3,(H2,14,16). The van der Waals surface area contributed by atoms with Gasteiger partial charge in [0.05, 0.1) is 16.3 Å². The highest BCUT2D eigenvalue weighted by Crippen LogP contribution is 2.24. The smallest absolute Gasteiger partial charge is 0.173 e. The van der Waals surface area contributed by atoms with Crippen LogP contribution < -0.4 is 10.5 Å². The number of halogens is 1. The van der Waals surface area contributed by atoms with Crippen molar-refractivity contribution in [3.8, 4) is 5.75 Å². The van der Waals surface area contributed by atoms with Gasteiger partial charge in [0, 0.05) is 10.4 Å². The van der Waals surface area contributed by atoms with Crippen LogP contribution in [0.2, 0.25) is 5.02 Å². The summed E-state index contributed by atoms with van der Waals surface area (Å²) in [5.41, 5.74) is 6.89. The molecule has 0 bridgehead atoms. The summed E-state index contributed by atoms with van der Waals surface area (Å²) in [6.45, 7) is 2.23. The predicted octanol–water partition coefficient (Wildman–Crippen LogP) is 2.78. The van der Waals surface area contributed by atoms with Gasteiger partial charge in [0.1, 0.15) is 12.4 Å². The Labute approximate surface area is 119 Å². The number of aromatic nitrogens is 1. The summed E-state index contributed by atoms with van der Waals surface area (Å²) in [5.74, 6) is 0.426. The molecule has 19 heavy (non-hydrogen) atoms. The number of rotatable bonds is 4. The van der Waals surface area contributed by atoms with Crippen LogP contribution in [0.15, 0.2) is 28.7 Å². The van der Waals surface area contributed by atoms with E-state index in [-0.39, 0.29) is 5.84 Å². The van der Waals surface area contributed by atoms with Gasteiger partial charge in [-0.2, -0.15) is 0 Å². The van der Waals surface area contributed by atoms with Crippen molar-refractivity contribution in [3.63, 3.8) is 0 Å². The van der Waals surface area contributed by atoms with Gasteiger partial charge in [0.25, 0.3) is 0 Å². The monoisotopic (exact) mass is 297 g/mol. The quantitative estimate of drug-likeness (QED) is 0.393. The van der Waals surface area contributed by atoms with Crippen LogP contribution in [0.1, 0.15) is 16.3 Å². The molecule has 0 aliphatic carbocycles. The molecule has 1 heterocycles. The molecule has 0 saturated carbocycles. The Balaban J connectivity index is 2.21. The Morgan fingerprint density at radius 2 is 2.37 bits per heavy atom. The molecule has 0 radical (unpaired) electrons. The summed E-state index contributed by atoms with van der Waals surface area (Å²) in [7, 11) is 0. The highest BCUT2D eigenvalue weighted by atomic mass is 35.5. The zero-order chi connectivity index (χ0) is 13.8. The highest BCUT2D eigenvalue weighted by molar-refractivity contribution is 7.09. The van der Waals surface area contributed by atoms with Crippen molar-refractivity contribution >= 4 is 28.8 Å². The van der Waals surface area contributed by atoms with Crippen LogP contribution in [0.5, 0.6) is 5.75 Å². The number of hydrogen-bond donors (Lipinski definition) is 2. The van der Waals surface area contributed by atoms with E-state index in [2.05, 4.69) is 10.1 Å². The first-order chi connectivity index (χ1) is 9.10. The molecule has 2 rings (SSSR count). The molecular weight excluding hydrogens is 286 g/mol. The second kappa shape index (κ2) is 5.90. The average molecular weight is 298 g/mol. The lowest BCUT2D eigenvalue weighted by molar-refractivity contribution is 0.299.